The Hall–Kier alpha value is -1.60. The average Bonchev–Trinajstić information content (AvgIpc) is 3.30. The van der Waals surface area contributed by atoms with Crippen LogP contribution in [-0.2, 0) is 9.53 Å². The molecule has 1 fully saturated rings. The van der Waals surface area contributed by atoms with Crippen LogP contribution in [0.2, 0.25) is 0 Å². The number of thioether (sulfide) groups is 1. The second-order valence-electron chi connectivity index (χ2n) is 4.90. The zero-order chi connectivity index (χ0) is 15.2. The molecule has 0 radical (unpaired) electrons. The van der Waals surface area contributed by atoms with Crippen LogP contribution in [0.25, 0.3) is 0 Å². The molecule has 1 unspecified atom stereocenters. The second kappa shape index (κ2) is 7.42. The molecular weight excluding hydrogens is 292 g/mol. The third-order valence-electron chi connectivity index (χ3n) is 3.22. The maximum Gasteiger partial charge on any atom is 0.322 e. The Kier molecular flexibility index (Phi) is 5.58. The number of methoxy groups -OCH3 is 1. The maximum atomic E-state index is 11.7. The highest BCUT2D eigenvalue weighted by molar-refractivity contribution is 7.99. The predicted molar refractivity (Wildman–Crippen MR) is 80.4 cm³/mol. The normalized spacial score (nSPS) is 15.5. The lowest BCUT2D eigenvalue weighted by Gasteiger charge is -2.15. The molecule has 2 rings (SSSR count). The number of non-ortho nitro benzene ring substituents is 1. The van der Waals surface area contributed by atoms with E-state index in [0.717, 1.165) is 23.5 Å². The predicted octanol–water partition coefficient (Wildman–Crippen LogP) is 2.37. The summed E-state index contributed by atoms with van der Waals surface area (Å²) in [6, 6.07) is 6.60. The van der Waals surface area contributed by atoms with Crippen LogP contribution in [0.3, 0.4) is 0 Å². The van der Waals surface area contributed by atoms with Crippen molar-refractivity contribution in [1.29, 1.82) is 0 Å². The fourth-order valence-electron chi connectivity index (χ4n) is 1.90. The molecule has 0 bridgehead atoms. The summed E-state index contributed by atoms with van der Waals surface area (Å²) in [6.45, 7) is 0. The van der Waals surface area contributed by atoms with E-state index < -0.39 is 4.92 Å². The fourth-order valence-corrected chi connectivity index (χ4v) is 2.82. The van der Waals surface area contributed by atoms with Crippen LogP contribution in [0.15, 0.2) is 29.2 Å². The van der Waals surface area contributed by atoms with E-state index in [1.165, 1.54) is 19.2 Å². The summed E-state index contributed by atoms with van der Waals surface area (Å²) < 4.78 is 4.80. The fraction of sp³-hybridized carbons (Fsp3) is 0.500. The van der Waals surface area contributed by atoms with Gasteiger partial charge in [0, 0.05) is 28.8 Å². The first kappa shape index (κ1) is 15.8. The van der Waals surface area contributed by atoms with Crippen LogP contribution in [0.1, 0.15) is 19.3 Å². The third kappa shape index (κ3) is 5.02. The van der Waals surface area contributed by atoms with E-state index in [2.05, 4.69) is 5.32 Å². The number of hydrogen-bond acceptors (Lipinski definition) is 6. The Balaban J connectivity index is 1.80. The van der Waals surface area contributed by atoms with Gasteiger partial charge in [-0.25, -0.2) is 0 Å². The average molecular weight is 310 g/mol. The molecular formula is C14H18N2O4S. The minimum Gasteiger partial charge on any atom is -0.468 e. The third-order valence-corrected chi connectivity index (χ3v) is 4.27. The molecule has 1 N–H and O–H groups in total. The number of nitro benzene ring substituents is 1. The van der Waals surface area contributed by atoms with Crippen molar-refractivity contribution in [3.63, 3.8) is 0 Å². The molecule has 21 heavy (non-hydrogen) atoms. The van der Waals surface area contributed by atoms with Gasteiger partial charge in [-0.05, 0) is 31.4 Å². The smallest absolute Gasteiger partial charge is 0.322 e. The largest absolute Gasteiger partial charge is 0.468 e. The van der Waals surface area contributed by atoms with Gasteiger partial charge >= 0.3 is 5.97 Å². The van der Waals surface area contributed by atoms with Crippen molar-refractivity contribution in [2.24, 2.45) is 0 Å². The molecule has 1 aromatic rings. The molecule has 0 amide bonds. The molecule has 0 heterocycles. The SMILES string of the molecule is COC(=O)C(CCSc1ccc([N+](=O)[O-])cc1)NC1CC1. The molecule has 0 aromatic heterocycles. The van der Waals surface area contributed by atoms with Gasteiger partial charge in [-0.1, -0.05) is 0 Å². The zero-order valence-electron chi connectivity index (χ0n) is 11.8. The molecule has 6 nitrogen and oxygen atoms in total. The van der Waals surface area contributed by atoms with Crippen molar-refractivity contribution in [3.8, 4) is 0 Å². The molecule has 114 valence electrons. The number of esters is 1. The lowest BCUT2D eigenvalue weighted by Crippen LogP contribution is -2.39. The molecule has 7 heteroatoms. The van der Waals surface area contributed by atoms with E-state index in [9.17, 15) is 14.9 Å². The van der Waals surface area contributed by atoms with Crippen LogP contribution < -0.4 is 5.32 Å². The zero-order valence-corrected chi connectivity index (χ0v) is 12.6. The van der Waals surface area contributed by atoms with E-state index >= 15 is 0 Å². The lowest BCUT2D eigenvalue weighted by molar-refractivity contribution is -0.384. The summed E-state index contributed by atoms with van der Waals surface area (Å²) in [5.41, 5.74) is 0.0854. The van der Waals surface area contributed by atoms with Crippen LogP contribution in [-0.4, -0.2) is 35.8 Å². The van der Waals surface area contributed by atoms with Crippen molar-refractivity contribution in [2.75, 3.05) is 12.9 Å². The Morgan fingerprint density at radius 1 is 1.48 bits per heavy atom. The van der Waals surface area contributed by atoms with Crippen molar-refractivity contribution in [1.82, 2.24) is 5.32 Å². The number of rotatable bonds is 8. The maximum absolute atomic E-state index is 11.7. The van der Waals surface area contributed by atoms with Crippen molar-refractivity contribution < 1.29 is 14.5 Å². The van der Waals surface area contributed by atoms with Gasteiger partial charge in [0.2, 0.25) is 0 Å². The lowest BCUT2D eigenvalue weighted by atomic mass is 10.2. The molecule has 0 spiro atoms. The number of ether oxygens (including phenoxy) is 1. The summed E-state index contributed by atoms with van der Waals surface area (Å²) in [5, 5.41) is 13.8. The number of nitro groups is 1. The Morgan fingerprint density at radius 3 is 2.67 bits per heavy atom. The highest BCUT2D eigenvalue weighted by Gasteiger charge is 2.28. The van der Waals surface area contributed by atoms with Gasteiger partial charge in [-0.2, -0.15) is 0 Å². The minimum absolute atomic E-state index is 0.0854. The van der Waals surface area contributed by atoms with Crippen LogP contribution in [0.4, 0.5) is 5.69 Å². The first-order chi connectivity index (χ1) is 10.1. The van der Waals surface area contributed by atoms with Gasteiger partial charge in [-0.3, -0.25) is 14.9 Å². The number of benzene rings is 1. The van der Waals surface area contributed by atoms with Crippen LogP contribution in [0, 0.1) is 10.1 Å². The van der Waals surface area contributed by atoms with Crippen LogP contribution >= 0.6 is 11.8 Å². The Bertz CT molecular complexity index is 502. The van der Waals surface area contributed by atoms with Crippen molar-refractivity contribution in [2.45, 2.75) is 36.2 Å². The molecule has 0 aliphatic heterocycles. The molecule has 1 aromatic carbocycles. The summed E-state index contributed by atoms with van der Waals surface area (Å²) in [4.78, 5) is 22.8. The highest BCUT2D eigenvalue weighted by atomic mass is 32.2. The van der Waals surface area contributed by atoms with E-state index in [1.807, 2.05) is 0 Å². The summed E-state index contributed by atoms with van der Waals surface area (Å²) in [7, 11) is 1.40. The molecule has 1 atom stereocenters. The Labute approximate surface area is 127 Å². The standard InChI is InChI=1S/C14H18N2O4S/c1-20-14(17)13(15-10-2-3-10)8-9-21-12-6-4-11(5-7-12)16(18)19/h4-7,10,13,15H,2-3,8-9H2,1H3. The summed E-state index contributed by atoms with van der Waals surface area (Å²) in [5.74, 6) is 0.517. The number of carbonyl (C=O) groups is 1. The number of hydrogen-bond donors (Lipinski definition) is 1. The summed E-state index contributed by atoms with van der Waals surface area (Å²) >= 11 is 1.57. The van der Waals surface area contributed by atoms with Crippen molar-refractivity contribution >= 4 is 23.4 Å². The topological polar surface area (TPSA) is 81.5 Å². The van der Waals surface area contributed by atoms with Crippen LogP contribution in [0.5, 0.6) is 0 Å². The van der Waals surface area contributed by atoms with E-state index in [0.29, 0.717) is 12.5 Å². The minimum atomic E-state index is -0.415. The molecule has 0 saturated heterocycles. The second-order valence-corrected chi connectivity index (χ2v) is 6.07. The number of nitrogens with zero attached hydrogens (tertiary/aromatic N) is 1. The van der Waals surface area contributed by atoms with Gasteiger partial charge in [-0.15, -0.1) is 11.8 Å². The first-order valence-electron chi connectivity index (χ1n) is 6.81. The van der Waals surface area contributed by atoms with Gasteiger partial charge in [0.15, 0.2) is 0 Å². The monoisotopic (exact) mass is 310 g/mol. The van der Waals surface area contributed by atoms with Gasteiger partial charge in [0.25, 0.3) is 5.69 Å². The molecule has 1 aliphatic carbocycles. The first-order valence-corrected chi connectivity index (χ1v) is 7.80. The molecule has 1 aliphatic rings. The van der Waals surface area contributed by atoms with Gasteiger partial charge in [0.1, 0.15) is 6.04 Å². The van der Waals surface area contributed by atoms with E-state index in [-0.39, 0.29) is 17.7 Å². The highest BCUT2D eigenvalue weighted by Crippen LogP contribution is 2.24. The van der Waals surface area contributed by atoms with E-state index in [1.54, 1.807) is 23.9 Å². The van der Waals surface area contributed by atoms with Gasteiger partial charge < -0.3 is 10.1 Å². The Morgan fingerprint density at radius 2 is 2.14 bits per heavy atom. The number of nitrogens with one attached hydrogen (secondary N) is 1. The van der Waals surface area contributed by atoms with Crippen molar-refractivity contribution in [3.05, 3.63) is 34.4 Å². The summed E-state index contributed by atoms with van der Waals surface area (Å²) in [6.07, 6.45) is 2.90. The van der Waals surface area contributed by atoms with E-state index in [4.69, 9.17) is 4.74 Å². The van der Waals surface area contributed by atoms with Gasteiger partial charge in [0.05, 0.1) is 12.0 Å². The number of carbonyl (C=O) groups excluding carboxylic acids is 1. The molecule has 1 saturated carbocycles. The quantitative estimate of drug-likeness (QED) is 0.343.